The van der Waals surface area contributed by atoms with Crippen LogP contribution in [0.3, 0.4) is 0 Å². The van der Waals surface area contributed by atoms with E-state index in [0.717, 1.165) is 5.56 Å². The van der Waals surface area contributed by atoms with Crippen molar-refractivity contribution in [2.24, 2.45) is 0 Å². The number of halogens is 1. The summed E-state index contributed by atoms with van der Waals surface area (Å²) in [6, 6.07) is 5.30. The fourth-order valence-corrected chi connectivity index (χ4v) is 2.44. The molecule has 0 unspecified atom stereocenters. The van der Waals surface area contributed by atoms with E-state index in [1.807, 2.05) is 26.8 Å². The van der Waals surface area contributed by atoms with Crippen LogP contribution in [0.25, 0.3) is 0 Å². The van der Waals surface area contributed by atoms with Gasteiger partial charge in [-0.2, -0.15) is 0 Å². The third-order valence-electron chi connectivity index (χ3n) is 3.09. The number of ether oxygens (including phenoxy) is 2. The van der Waals surface area contributed by atoms with E-state index in [4.69, 9.17) is 26.8 Å². The maximum absolute atomic E-state index is 12.1. The average molecular weight is 313 g/mol. The number of amides is 1. The van der Waals surface area contributed by atoms with Crippen molar-refractivity contribution in [2.75, 3.05) is 25.4 Å². The number of hydrogen-bond donors (Lipinski definition) is 1. The minimum Gasteiger partial charge on any atom is -0.444 e. The number of carbonyl (C=O) groups excluding carboxylic acids is 1. The number of benzene rings is 1. The molecule has 1 aromatic rings. The standard InChI is InChI=1S/C15H21ClN2O3/c1-15(2,3)21-14(19)18-6-7-20-13(9-18)11-5-4-10(17)8-12(11)16/h4-5,8,13H,6-7,9,17H2,1-3H3/t13-/m0/s1. The molecule has 1 fully saturated rings. The Morgan fingerprint density at radius 3 is 2.81 bits per heavy atom. The van der Waals surface area contributed by atoms with Crippen molar-refractivity contribution in [3.63, 3.8) is 0 Å². The van der Waals surface area contributed by atoms with Crippen LogP contribution >= 0.6 is 11.6 Å². The number of hydrogen-bond acceptors (Lipinski definition) is 4. The smallest absolute Gasteiger partial charge is 0.410 e. The van der Waals surface area contributed by atoms with E-state index >= 15 is 0 Å². The van der Waals surface area contributed by atoms with Crippen molar-refractivity contribution in [1.29, 1.82) is 0 Å². The molecular formula is C15H21ClN2O3. The summed E-state index contributed by atoms with van der Waals surface area (Å²) in [6.45, 7) is 6.92. The van der Waals surface area contributed by atoms with E-state index in [-0.39, 0.29) is 12.2 Å². The lowest BCUT2D eigenvalue weighted by atomic mass is 10.1. The number of carbonyl (C=O) groups is 1. The van der Waals surface area contributed by atoms with Crippen molar-refractivity contribution in [3.05, 3.63) is 28.8 Å². The first-order valence-corrected chi connectivity index (χ1v) is 7.28. The molecule has 0 bridgehead atoms. The monoisotopic (exact) mass is 312 g/mol. The predicted octanol–water partition coefficient (Wildman–Crippen LogP) is 3.23. The predicted molar refractivity (Wildman–Crippen MR) is 82.4 cm³/mol. The molecule has 116 valence electrons. The van der Waals surface area contributed by atoms with Crippen molar-refractivity contribution < 1.29 is 14.3 Å². The van der Waals surface area contributed by atoms with Crippen LogP contribution in [0.5, 0.6) is 0 Å². The summed E-state index contributed by atoms with van der Waals surface area (Å²) < 4.78 is 11.1. The molecule has 0 saturated carbocycles. The molecule has 1 heterocycles. The molecule has 1 amide bonds. The maximum Gasteiger partial charge on any atom is 0.410 e. The van der Waals surface area contributed by atoms with Gasteiger partial charge in [-0.15, -0.1) is 0 Å². The third kappa shape index (κ3) is 4.25. The number of nitrogens with zero attached hydrogens (tertiary/aromatic N) is 1. The van der Waals surface area contributed by atoms with Gasteiger partial charge in [0.15, 0.2) is 0 Å². The first-order valence-electron chi connectivity index (χ1n) is 6.91. The van der Waals surface area contributed by atoms with E-state index in [0.29, 0.717) is 30.4 Å². The van der Waals surface area contributed by atoms with Gasteiger partial charge in [0.05, 0.1) is 13.2 Å². The number of nitrogens with two attached hydrogens (primary N) is 1. The highest BCUT2D eigenvalue weighted by molar-refractivity contribution is 6.31. The van der Waals surface area contributed by atoms with Crippen molar-refractivity contribution in [2.45, 2.75) is 32.5 Å². The van der Waals surface area contributed by atoms with Crippen LogP contribution in [-0.2, 0) is 9.47 Å². The highest BCUT2D eigenvalue weighted by Crippen LogP contribution is 2.30. The maximum atomic E-state index is 12.1. The molecule has 6 heteroatoms. The van der Waals surface area contributed by atoms with E-state index in [2.05, 4.69) is 0 Å². The molecule has 1 aliphatic rings. The summed E-state index contributed by atoms with van der Waals surface area (Å²) in [5.41, 5.74) is 6.62. The number of rotatable bonds is 1. The van der Waals surface area contributed by atoms with Crippen molar-refractivity contribution >= 4 is 23.4 Å². The summed E-state index contributed by atoms with van der Waals surface area (Å²) in [7, 11) is 0. The molecule has 1 aliphatic heterocycles. The van der Waals surface area contributed by atoms with Crippen LogP contribution in [0, 0.1) is 0 Å². The molecule has 1 aromatic carbocycles. The molecule has 0 aliphatic carbocycles. The molecule has 0 spiro atoms. The summed E-state index contributed by atoms with van der Waals surface area (Å²) in [5, 5.41) is 0.547. The molecule has 0 aromatic heterocycles. The lowest BCUT2D eigenvalue weighted by Gasteiger charge is -2.34. The molecule has 21 heavy (non-hydrogen) atoms. The van der Waals surface area contributed by atoms with Crippen LogP contribution in [0.4, 0.5) is 10.5 Å². The normalized spacial score (nSPS) is 19.4. The van der Waals surface area contributed by atoms with Gasteiger partial charge in [0.2, 0.25) is 0 Å². The number of anilines is 1. The van der Waals surface area contributed by atoms with Gasteiger partial charge in [-0.1, -0.05) is 17.7 Å². The summed E-state index contributed by atoms with van der Waals surface area (Å²) in [6.07, 6.45) is -0.596. The SMILES string of the molecule is CC(C)(C)OC(=O)N1CCO[C@H](c2ccc(N)cc2Cl)C1. The Morgan fingerprint density at radius 1 is 1.48 bits per heavy atom. The number of morpholine rings is 1. The Morgan fingerprint density at radius 2 is 2.19 bits per heavy atom. The van der Waals surface area contributed by atoms with Crippen LogP contribution in [0.2, 0.25) is 5.02 Å². The van der Waals surface area contributed by atoms with Gasteiger partial charge < -0.3 is 20.1 Å². The molecule has 1 atom stereocenters. The Hall–Kier alpha value is -1.46. The lowest BCUT2D eigenvalue weighted by molar-refractivity contribution is -0.0432. The number of nitrogen functional groups attached to an aromatic ring is 1. The fourth-order valence-electron chi connectivity index (χ4n) is 2.13. The highest BCUT2D eigenvalue weighted by Gasteiger charge is 2.29. The fraction of sp³-hybridized carbons (Fsp3) is 0.533. The van der Waals surface area contributed by atoms with Gasteiger partial charge in [0.1, 0.15) is 11.7 Å². The van der Waals surface area contributed by atoms with Crippen molar-refractivity contribution in [1.82, 2.24) is 4.90 Å². The van der Waals surface area contributed by atoms with Crippen LogP contribution in [0.15, 0.2) is 18.2 Å². The molecule has 0 radical (unpaired) electrons. The van der Waals surface area contributed by atoms with Crippen LogP contribution in [-0.4, -0.2) is 36.3 Å². The minimum atomic E-state index is -0.510. The third-order valence-corrected chi connectivity index (χ3v) is 3.42. The van der Waals surface area contributed by atoms with Gasteiger partial charge >= 0.3 is 6.09 Å². The summed E-state index contributed by atoms with van der Waals surface area (Å²) >= 11 is 6.20. The van der Waals surface area contributed by atoms with Gasteiger partial charge in [-0.05, 0) is 32.9 Å². The molecule has 1 saturated heterocycles. The minimum absolute atomic E-state index is 0.264. The Labute approximate surface area is 130 Å². The summed E-state index contributed by atoms with van der Waals surface area (Å²) in [5.74, 6) is 0. The molecular weight excluding hydrogens is 292 g/mol. The largest absolute Gasteiger partial charge is 0.444 e. The average Bonchev–Trinajstić information content (AvgIpc) is 2.37. The first kappa shape index (κ1) is 15.9. The zero-order valence-corrected chi connectivity index (χ0v) is 13.3. The van der Waals surface area contributed by atoms with E-state index in [9.17, 15) is 4.79 Å². The van der Waals surface area contributed by atoms with Gasteiger partial charge in [-0.3, -0.25) is 0 Å². The Kier molecular flexibility index (Phi) is 4.64. The summed E-state index contributed by atoms with van der Waals surface area (Å²) in [4.78, 5) is 13.8. The highest BCUT2D eigenvalue weighted by atomic mass is 35.5. The second-order valence-corrected chi connectivity index (χ2v) is 6.47. The van der Waals surface area contributed by atoms with Gasteiger partial charge in [0.25, 0.3) is 0 Å². The molecule has 5 nitrogen and oxygen atoms in total. The van der Waals surface area contributed by atoms with E-state index < -0.39 is 5.60 Å². The Bertz CT molecular complexity index is 528. The zero-order valence-electron chi connectivity index (χ0n) is 12.6. The van der Waals surface area contributed by atoms with Gasteiger partial charge in [0, 0.05) is 22.8 Å². The quantitative estimate of drug-likeness (QED) is 0.809. The van der Waals surface area contributed by atoms with Crippen molar-refractivity contribution in [3.8, 4) is 0 Å². The first-order chi connectivity index (χ1) is 9.76. The zero-order chi connectivity index (χ0) is 15.6. The molecule has 2 rings (SSSR count). The lowest BCUT2D eigenvalue weighted by Crippen LogP contribution is -2.44. The topological polar surface area (TPSA) is 64.8 Å². The second-order valence-electron chi connectivity index (χ2n) is 6.07. The van der Waals surface area contributed by atoms with E-state index in [1.54, 1.807) is 17.0 Å². The van der Waals surface area contributed by atoms with Gasteiger partial charge in [-0.25, -0.2) is 4.79 Å². The van der Waals surface area contributed by atoms with E-state index in [1.165, 1.54) is 0 Å². The second kappa shape index (κ2) is 6.12. The Balaban J connectivity index is 2.08. The van der Waals surface area contributed by atoms with Crippen LogP contribution in [0.1, 0.15) is 32.4 Å². The van der Waals surface area contributed by atoms with Crippen LogP contribution < -0.4 is 5.73 Å². The molecule has 2 N–H and O–H groups in total.